The fourth-order valence-electron chi connectivity index (χ4n) is 2.78. The van der Waals surface area contributed by atoms with Crippen LogP contribution in [0.3, 0.4) is 0 Å². The average Bonchev–Trinajstić information content (AvgIpc) is 3.03. The van der Waals surface area contributed by atoms with Crippen LogP contribution in [0.5, 0.6) is 0 Å². The van der Waals surface area contributed by atoms with Crippen LogP contribution in [0.25, 0.3) is 6.08 Å². The lowest BCUT2D eigenvalue weighted by Crippen LogP contribution is -2.47. The standard InChI is InChI=1S/C22H20FN3O4S/c1-14(25-20(28)16-5-3-2-4-6-16)19(27)24-11-12-26-21(29)18(31-22(26)30)13-15-7-9-17(23)10-8-15/h2-10,13-14H,11-12H2,1H3,(H,24,27)(H,25,28)/b18-13-. The Bertz CT molecular complexity index is 1020. The second-order valence-electron chi connectivity index (χ2n) is 6.74. The molecule has 0 radical (unpaired) electrons. The number of rotatable bonds is 7. The zero-order chi connectivity index (χ0) is 22.4. The number of hydrogen-bond donors (Lipinski definition) is 2. The number of carbonyl (C=O) groups excluding carboxylic acids is 4. The fraction of sp³-hybridized carbons (Fsp3) is 0.182. The quantitative estimate of drug-likeness (QED) is 0.645. The van der Waals surface area contributed by atoms with Crippen molar-refractivity contribution in [2.45, 2.75) is 13.0 Å². The molecule has 4 amide bonds. The number of nitrogens with zero attached hydrogens (tertiary/aromatic N) is 1. The second kappa shape index (κ2) is 10.0. The van der Waals surface area contributed by atoms with Gasteiger partial charge in [0.25, 0.3) is 17.1 Å². The van der Waals surface area contributed by atoms with Gasteiger partial charge >= 0.3 is 0 Å². The Kier molecular flexibility index (Phi) is 7.19. The Morgan fingerprint density at radius 1 is 1.10 bits per heavy atom. The molecule has 2 aromatic rings. The summed E-state index contributed by atoms with van der Waals surface area (Å²) in [7, 11) is 0. The number of hydrogen-bond acceptors (Lipinski definition) is 5. The van der Waals surface area contributed by atoms with Gasteiger partial charge in [0.05, 0.1) is 4.91 Å². The highest BCUT2D eigenvalue weighted by Crippen LogP contribution is 2.31. The normalized spacial score (nSPS) is 15.8. The first-order valence-electron chi connectivity index (χ1n) is 9.49. The zero-order valence-electron chi connectivity index (χ0n) is 16.6. The average molecular weight is 441 g/mol. The Morgan fingerprint density at radius 3 is 2.45 bits per heavy atom. The summed E-state index contributed by atoms with van der Waals surface area (Å²) in [6.45, 7) is 1.59. The number of imide groups is 1. The van der Waals surface area contributed by atoms with Crippen LogP contribution in [0.1, 0.15) is 22.8 Å². The zero-order valence-corrected chi connectivity index (χ0v) is 17.4. The second-order valence-corrected chi connectivity index (χ2v) is 7.73. The lowest BCUT2D eigenvalue weighted by molar-refractivity contribution is -0.124. The van der Waals surface area contributed by atoms with Crippen molar-refractivity contribution in [2.75, 3.05) is 13.1 Å². The minimum atomic E-state index is -0.791. The summed E-state index contributed by atoms with van der Waals surface area (Å²) in [5.41, 5.74) is 1.04. The maximum absolute atomic E-state index is 13.0. The van der Waals surface area contributed by atoms with Gasteiger partial charge < -0.3 is 10.6 Å². The van der Waals surface area contributed by atoms with E-state index in [1.807, 2.05) is 0 Å². The molecule has 31 heavy (non-hydrogen) atoms. The van der Waals surface area contributed by atoms with E-state index >= 15 is 0 Å². The van der Waals surface area contributed by atoms with E-state index < -0.39 is 28.9 Å². The maximum atomic E-state index is 13.0. The van der Waals surface area contributed by atoms with Crippen molar-refractivity contribution in [3.05, 3.63) is 76.4 Å². The van der Waals surface area contributed by atoms with E-state index in [1.165, 1.54) is 30.3 Å². The summed E-state index contributed by atoms with van der Waals surface area (Å²) in [6.07, 6.45) is 1.52. The van der Waals surface area contributed by atoms with Gasteiger partial charge in [-0.3, -0.25) is 24.1 Å². The molecule has 1 aliphatic heterocycles. The van der Waals surface area contributed by atoms with Gasteiger partial charge in [-0.05, 0) is 54.6 Å². The molecule has 1 unspecified atom stereocenters. The van der Waals surface area contributed by atoms with Crippen LogP contribution < -0.4 is 10.6 Å². The highest BCUT2D eigenvalue weighted by atomic mass is 32.2. The molecule has 0 aliphatic carbocycles. The lowest BCUT2D eigenvalue weighted by Gasteiger charge is -2.16. The Balaban J connectivity index is 1.49. The molecule has 160 valence electrons. The van der Waals surface area contributed by atoms with E-state index in [4.69, 9.17) is 0 Å². The third-order valence-electron chi connectivity index (χ3n) is 4.45. The summed E-state index contributed by atoms with van der Waals surface area (Å²) >= 11 is 0.787. The van der Waals surface area contributed by atoms with Gasteiger partial charge in [0.2, 0.25) is 5.91 Å². The van der Waals surface area contributed by atoms with Gasteiger partial charge in [0.1, 0.15) is 11.9 Å². The van der Waals surface area contributed by atoms with Crippen molar-refractivity contribution in [3.63, 3.8) is 0 Å². The van der Waals surface area contributed by atoms with Crippen LogP contribution in [-0.4, -0.2) is 47.0 Å². The molecule has 3 rings (SSSR count). The van der Waals surface area contributed by atoms with E-state index in [1.54, 1.807) is 37.3 Å². The topological polar surface area (TPSA) is 95.6 Å². The van der Waals surface area contributed by atoms with Crippen molar-refractivity contribution in [1.29, 1.82) is 0 Å². The highest BCUT2D eigenvalue weighted by molar-refractivity contribution is 8.18. The van der Waals surface area contributed by atoms with Crippen LogP contribution in [0.4, 0.5) is 9.18 Å². The Morgan fingerprint density at radius 2 is 1.77 bits per heavy atom. The molecule has 1 saturated heterocycles. The fourth-order valence-corrected chi connectivity index (χ4v) is 3.65. The summed E-state index contributed by atoms with van der Waals surface area (Å²) < 4.78 is 13.0. The number of benzene rings is 2. The van der Waals surface area contributed by atoms with Gasteiger partial charge in [-0.1, -0.05) is 30.3 Å². The monoisotopic (exact) mass is 441 g/mol. The summed E-state index contributed by atoms with van der Waals surface area (Å²) in [6, 6.07) is 13.3. The van der Waals surface area contributed by atoms with Crippen LogP contribution >= 0.6 is 11.8 Å². The van der Waals surface area contributed by atoms with Crippen molar-refractivity contribution >= 4 is 40.8 Å². The summed E-state index contributed by atoms with van der Waals surface area (Å²) in [4.78, 5) is 50.2. The first kappa shape index (κ1) is 22.2. The first-order chi connectivity index (χ1) is 14.8. The SMILES string of the molecule is CC(NC(=O)c1ccccc1)C(=O)NCCN1C(=O)S/C(=C\c2ccc(F)cc2)C1=O. The summed E-state index contributed by atoms with van der Waals surface area (Å²) in [5, 5.41) is 4.75. The van der Waals surface area contributed by atoms with Crippen molar-refractivity contribution < 1.29 is 23.6 Å². The van der Waals surface area contributed by atoms with Gasteiger partial charge in [0.15, 0.2) is 0 Å². The van der Waals surface area contributed by atoms with Crippen molar-refractivity contribution in [1.82, 2.24) is 15.5 Å². The van der Waals surface area contributed by atoms with E-state index in [-0.39, 0.29) is 23.9 Å². The first-order valence-corrected chi connectivity index (χ1v) is 10.3. The minimum absolute atomic E-state index is 0.00346. The number of nitrogens with one attached hydrogen (secondary N) is 2. The number of thioether (sulfide) groups is 1. The van der Waals surface area contributed by atoms with E-state index in [0.717, 1.165) is 16.7 Å². The molecule has 1 heterocycles. The predicted molar refractivity (Wildman–Crippen MR) is 115 cm³/mol. The molecule has 0 bridgehead atoms. The Labute approximate surface area is 182 Å². The number of amides is 4. The van der Waals surface area contributed by atoms with Crippen molar-refractivity contribution in [2.24, 2.45) is 0 Å². The molecule has 7 nitrogen and oxygen atoms in total. The molecule has 2 aromatic carbocycles. The van der Waals surface area contributed by atoms with Crippen LogP contribution in [0, 0.1) is 5.82 Å². The van der Waals surface area contributed by atoms with E-state index in [2.05, 4.69) is 10.6 Å². The lowest BCUT2D eigenvalue weighted by atomic mass is 10.2. The third kappa shape index (κ3) is 5.79. The summed E-state index contributed by atoms with van der Waals surface area (Å²) in [5.74, 6) is -1.67. The molecule has 2 N–H and O–H groups in total. The van der Waals surface area contributed by atoms with Crippen LogP contribution in [0.2, 0.25) is 0 Å². The minimum Gasteiger partial charge on any atom is -0.353 e. The molecule has 1 fully saturated rings. The van der Waals surface area contributed by atoms with Gasteiger partial charge in [-0.2, -0.15) is 0 Å². The van der Waals surface area contributed by atoms with E-state index in [9.17, 15) is 23.6 Å². The largest absolute Gasteiger partial charge is 0.353 e. The number of halogens is 1. The van der Waals surface area contributed by atoms with Crippen LogP contribution in [-0.2, 0) is 9.59 Å². The molecule has 0 saturated carbocycles. The molecular formula is C22H20FN3O4S. The molecule has 0 spiro atoms. The number of carbonyl (C=O) groups is 4. The third-order valence-corrected chi connectivity index (χ3v) is 5.36. The predicted octanol–water partition coefficient (Wildman–Crippen LogP) is 2.80. The Hall–Kier alpha value is -3.46. The van der Waals surface area contributed by atoms with Crippen LogP contribution in [0.15, 0.2) is 59.5 Å². The maximum Gasteiger partial charge on any atom is 0.293 e. The van der Waals surface area contributed by atoms with Crippen molar-refractivity contribution in [3.8, 4) is 0 Å². The van der Waals surface area contributed by atoms with Gasteiger partial charge in [0, 0.05) is 18.7 Å². The smallest absolute Gasteiger partial charge is 0.293 e. The molecule has 1 atom stereocenters. The van der Waals surface area contributed by atoms with Gasteiger partial charge in [-0.25, -0.2) is 4.39 Å². The van der Waals surface area contributed by atoms with Gasteiger partial charge in [-0.15, -0.1) is 0 Å². The van der Waals surface area contributed by atoms with E-state index in [0.29, 0.717) is 11.1 Å². The molecular weight excluding hydrogens is 421 g/mol. The molecule has 9 heteroatoms. The highest BCUT2D eigenvalue weighted by Gasteiger charge is 2.34. The molecule has 1 aliphatic rings. The molecule has 0 aromatic heterocycles.